The van der Waals surface area contributed by atoms with E-state index in [1.165, 1.54) is 0 Å². The molecular weight excluding hydrogens is 108 g/mol. The van der Waals surface area contributed by atoms with Crippen LogP contribution in [-0.4, -0.2) is 12.6 Å². The molecule has 2 N–H and O–H groups in total. The SMILES string of the molecule is C[C@H](CN=NN)N=O. The van der Waals surface area contributed by atoms with E-state index in [-0.39, 0.29) is 12.6 Å². The monoisotopic (exact) mass is 116 g/mol. The lowest BCUT2D eigenvalue weighted by atomic mass is 10.4. The summed E-state index contributed by atoms with van der Waals surface area (Å²) in [6.45, 7) is 1.92. The van der Waals surface area contributed by atoms with Gasteiger partial charge in [0.1, 0.15) is 6.04 Å². The molecule has 0 radical (unpaired) electrons. The third kappa shape index (κ3) is 3.20. The molecule has 0 amide bonds. The lowest BCUT2D eigenvalue weighted by Crippen LogP contribution is -2.00. The van der Waals surface area contributed by atoms with Gasteiger partial charge in [-0.1, -0.05) is 10.4 Å². The van der Waals surface area contributed by atoms with E-state index >= 15 is 0 Å². The molecule has 0 rings (SSSR count). The van der Waals surface area contributed by atoms with Crippen LogP contribution in [0.2, 0.25) is 0 Å². The minimum atomic E-state index is -0.317. The fraction of sp³-hybridized carbons (Fsp3) is 1.00. The molecule has 0 aliphatic carbocycles. The first kappa shape index (κ1) is 7.00. The van der Waals surface area contributed by atoms with Gasteiger partial charge in [-0.3, -0.25) is 0 Å². The first-order valence-electron chi connectivity index (χ1n) is 2.20. The van der Waals surface area contributed by atoms with Gasteiger partial charge in [-0.2, -0.15) is 10.0 Å². The molecule has 0 spiro atoms. The normalized spacial score (nSPS) is 14.1. The molecule has 5 nitrogen and oxygen atoms in total. The van der Waals surface area contributed by atoms with Crippen LogP contribution in [-0.2, 0) is 0 Å². The van der Waals surface area contributed by atoms with E-state index in [1.807, 2.05) is 0 Å². The predicted molar refractivity (Wildman–Crippen MR) is 29.2 cm³/mol. The van der Waals surface area contributed by atoms with Crippen molar-refractivity contribution in [3.8, 4) is 0 Å². The van der Waals surface area contributed by atoms with E-state index < -0.39 is 0 Å². The van der Waals surface area contributed by atoms with Crippen molar-refractivity contribution in [2.45, 2.75) is 13.0 Å². The lowest BCUT2D eigenvalue weighted by Gasteiger charge is -1.90. The molecule has 0 aromatic heterocycles. The number of nitroso groups, excluding NO2 is 1. The standard InChI is InChI=1S/C3H8N4O/c1-3(6-8)2-5-7-4/h3H,2H2,1H3,(H2,4,5)/t3-/m1/s1. The summed E-state index contributed by atoms with van der Waals surface area (Å²) in [5.41, 5.74) is 0. The fourth-order valence-corrected chi connectivity index (χ4v) is 0.199. The van der Waals surface area contributed by atoms with E-state index in [1.54, 1.807) is 6.92 Å². The Balaban J connectivity index is 3.23. The van der Waals surface area contributed by atoms with Crippen LogP contribution in [0.5, 0.6) is 0 Å². The second-order valence-corrected chi connectivity index (χ2v) is 1.39. The minimum absolute atomic E-state index is 0.278. The molecule has 0 bridgehead atoms. The second-order valence-electron chi connectivity index (χ2n) is 1.39. The predicted octanol–water partition coefficient (Wildman–Crippen LogP) is 0.467. The highest BCUT2D eigenvalue weighted by atomic mass is 16.3. The molecule has 0 fully saturated rings. The van der Waals surface area contributed by atoms with E-state index in [2.05, 4.69) is 21.4 Å². The van der Waals surface area contributed by atoms with Crippen LogP contribution in [0.3, 0.4) is 0 Å². The quantitative estimate of drug-likeness (QED) is 0.251. The molecule has 0 unspecified atom stereocenters. The van der Waals surface area contributed by atoms with Gasteiger partial charge < -0.3 is 5.84 Å². The summed E-state index contributed by atoms with van der Waals surface area (Å²) in [6.07, 6.45) is 0. The second kappa shape index (κ2) is 4.17. The van der Waals surface area contributed by atoms with Crippen LogP contribution in [0.1, 0.15) is 6.92 Å². The third-order valence-corrected chi connectivity index (χ3v) is 0.607. The van der Waals surface area contributed by atoms with E-state index in [0.29, 0.717) is 0 Å². The molecule has 8 heavy (non-hydrogen) atoms. The van der Waals surface area contributed by atoms with Crippen LogP contribution < -0.4 is 5.84 Å². The molecular formula is C3H8N4O. The topological polar surface area (TPSA) is 80.2 Å². The van der Waals surface area contributed by atoms with Gasteiger partial charge in [0, 0.05) is 0 Å². The summed E-state index contributed by atoms with van der Waals surface area (Å²) in [5, 5.41) is 8.97. The number of nitrogens with two attached hydrogens (primary N) is 1. The molecule has 0 aliphatic rings. The van der Waals surface area contributed by atoms with Gasteiger partial charge in [-0.15, -0.1) is 0 Å². The molecule has 5 heteroatoms. The highest BCUT2D eigenvalue weighted by Crippen LogP contribution is 1.86. The first-order chi connectivity index (χ1) is 3.81. The van der Waals surface area contributed by atoms with Crippen LogP contribution in [0.25, 0.3) is 0 Å². The zero-order chi connectivity index (χ0) is 6.41. The molecule has 0 aromatic carbocycles. The third-order valence-electron chi connectivity index (χ3n) is 0.607. The van der Waals surface area contributed by atoms with Crippen molar-refractivity contribution in [1.82, 2.24) is 0 Å². The van der Waals surface area contributed by atoms with Crippen molar-refractivity contribution in [1.29, 1.82) is 0 Å². The molecule has 0 heterocycles. The van der Waals surface area contributed by atoms with Crippen molar-refractivity contribution in [3.05, 3.63) is 4.91 Å². The summed E-state index contributed by atoms with van der Waals surface area (Å²) in [7, 11) is 0. The van der Waals surface area contributed by atoms with Gasteiger partial charge in [-0.05, 0) is 6.92 Å². The zero-order valence-corrected chi connectivity index (χ0v) is 4.61. The lowest BCUT2D eigenvalue weighted by molar-refractivity contribution is 0.713. The Kier molecular flexibility index (Phi) is 3.65. The average molecular weight is 116 g/mol. The zero-order valence-electron chi connectivity index (χ0n) is 4.61. The van der Waals surface area contributed by atoms with Crippen molar-refractivity contribution in [2.75, 3.05) is 6.54 Å². The Bertz CT molecular complexity index is 91.3. The van der Waals surface area contributed by atoms with Crippen LogP contribution in [0.15, 0.2) is 15.5 Å². The Hall–Kier alpha value is -1.00. The van der Waals surface area contributed by atoms with Gasteiger partial charge in [-0.25, -0.2) is 0 Å². The maximum atomic E-state index is 9.62. The Morgan fingerprint density at radius 2 is 2.38 bits per heavy atom. The summed E-state index contributed by atoms with van der Waals surface area (Å²) < 4.78 is 0. The summed E-state index contributed by atoms with van der Waals surface area (Å²) in [5.74, 6) is 4.65. The Labute approximate surface area is 46.9 Å². The molecule has 0 saturated heterocycles. The van der Waals surface area contributed by atoms with Crippen LogP contribution >= 0.6 is 0 Å². The Morgan fingerprint density at radius 1 is 1.75 bits per heavy atom. The highest BCUT2D eigenvalue weighted by Gasteiger charge is 1.95. The smallest absolute Gasteiger partial charge is 0.110 e. The molecule has 0 aliphatic heterocycles. The van der Waals surface area contributed by atoms with E-state index in [4.69, 9.17) is 0 Å². The average Bonchev–Trinajstić information content (AvgIpc) is 1.83. The van der Waals surface area contributed by atoms with Crippen molar-refractivity contribution >= 4 is 0 Å². The van der Waals surface area contributed by atoms with Gasteiger partial charge >= 0.3 is 0 Å². The number of hydrogen-bond donors (Lipinski definition) is 1. The van der Waals surface area contributed by atoms with Crippen molar-refractivity contribution < 1.29 is 0 Å². The highest BCUT2D eigenvalue weighted by molar-refractivity contribution is 4.58. The summed E-state index contributed by atoms with van der Waals surface area (Å²) in [6, 6.07) is -0.317. The Morgan fingerprint density at radius 3 is 2.75 bits per heavy atom. The van der Waals surface area contributed by atoms with Gasteiger partial charge in [0.15, 0.2) is 0 Å². The maximum absolute atomic E-state index is 9.62. The molecule has 46 valence electrons. The van der Waals surface area contributed by atoms with Gasteiger partial charge in [0.25, 0.3) is 0 Å². The van der Waals surface area contributed by atoms with Crippen molar-refractivity contribution in [3.63, 3.8) is 0 Å². The van der Waals surface area contributed by atoms with Gasteiger partial charge in [0.05, 0.1) is 6.54 Å². The number of nitrogens with zero attached hydrogens (tertiary/aromatic N) is 3. The first-order valence-corrected chi connectivity index (χ1v) is 2.20. The van der Waals surface area contributed by atoms with Crippen molar-refractivity contribution in [2.24, 2.45) is 21.4 Å². The largest absolute Gasteiger partial charge is 0.305 e. The fourth-order valence-electron chi connectivity index (χ4n) is 0.199. The van der Waals surface area contributed by atoms with E-state index in [9.17, 15) is 4.91 Å². The molecule has 0 saturated carbocycles. The molecule has 1 atom stereocenters. The minimum Gasteiger partial charge on any atom is -0.305 e. The maximum Gasteiger partial charge on any atom is 0.110 e. The van der Waals surface area contributed by atoms with E-state index in [0.717, 1.165) is 0 Å². The van der Waals surface area contributed by atoms with Crippen LogP contribution in [0.4, 0.5) is 0 Å². The van der Waals surface area contributed by atoms with Crippen LogP contribution in [0, 0.1) is 4.91 Å². The number of rotatable bonds is 3. The summed E-state index contributed by atoms with van der Waals surface area (Å²) >= 11 is 0. The van der Waals surface area contributed by atoms with Gasteiger partial charge in [0.2, 0.25) is 0 Å². The molecule has 0 aromatic rings. The summed E-state index contributed by atoms with van der Waals surface area (Å²) in [4.78, 5) is 9.62. The number of hydrogen-bond acceptors (Lipinski definition) is 4.